The Hall–Kier alpha value is -1.14. The first-order chi connectivity index (χ1) is 8.53. The Morgan fingerprint density at radius 1 is 1.39 bits per heavy atom. The highest BCUT2D eigenvalue weighted by Crippen LogP contribution is 2.40. The zero-order valence-electron chi connectivity index (χ0n) is 11.7. The predicted molar refractivity (Wildman–Crippen MR) is 73.2 cm³/mol. The lowest BCUT2D eigenvalue weighted by Crippen LogP contribution is -2.31. The van der Waals surface area contributed by atoms with Crippen LogP contribution >= 0.6 is 0 Å². The van der Waals surface area contributed by atoms with Gasteiger partial charge in [-0.1, -0.05) is 20.4 Å². The van der Waals surface area contributed by atoms with Crippen LogP contribution in [-0.2, 0) is 9.59 Å². The second kappa shape index (κ2) is 6.70. The number of allylic oxidation sites excluding steroid dienone is 1. The average Bonchev–Trinajstić information content (AvgIpc) is 2.43. The first-order valence-electron chi connectivity index (χ1n) is 6.87. The maximum Gasteiger partial charge on any atom is 0.135 e. The lowest BCUT2D eigenvalue weighted by molar-refractivity contribution is -0.125. The summed E-state index contributed by atoms with van der Waals surface area (Å²) in [7, 11) is 0. The molecule has 100 valence electrons. The molecule has 0 bridgehead atoms. The Bertz CT molecular complexity index is 363. The van der Waals surface area contributed by atoms with Crippen molar-refractivity contribution < 1.29 is 9.59 Å². The molecule has 0 aromatic rings. The van der Waals surface area contributed by atoms with E-state index < -0.39 is 0 Å². The molecular formula is C16H24O2. The van der Waals surface area contributed by atoms with Gasteiger partial charge in [0.1, 0.15) is 12.1 Å². The maximum atomic E-state index is 11.9. The lowest BCUT2D eigenvalue weighted by Gasteiger charge is -2.36. The third kappa shape index (κ3) is 3.43. The number of Topliss-reactive ketones (excluding diaryl/α,β-unsaturated/α-hetero) is 1. The van der Waals surface area contributed by atoms with E-state index in [1.165, 1.54) is 0 Å². The smallest absolute Gasteiger partial charge is 0.135 e. The number of carbonyl (C=O) groups is 2. The highest BCUT2D eigenvalue weighted by Gasteiger charge is 2.34. The van der Waals surface area contributed by atoms with Gasteiger partial charge in [-0.2, -0.15) is 0 Å². The average molecular weight is 248 g/mol. The normalized spacial score (nSPS) is 29.2. The van der Waals surface area contributed by atoms with Crippen molar-refractivity contribution >= 4 is 12.1 Å². The summed E-state index contributed by atoms with van der Waals surface area (Å²) in [6.07, 6.45) is 4.38. The van der Waals surface area contributed by atoms with Gasteiger partial charge in [-0.05, 0) is 43.6 Å². The van der Waals surface area contributed by atoms with E-state index in [0.717, 1.165) is 31.1 Å². The van der Waals surface area contributed by atoms with Crippen LogP contribution in [0.4, 0.5) is 0 Å². The Morgan fingerprint density at radius 2 is 2.00 bits per heavy atom. The van der Waals surface area contributed by atoms with Gasteiger partial charge < -0.3 is 4.79 Å². The number of rotatable bonds is 5. The van der Waals surface area contributed by atoms with E-state index in [-0.39, 0.29) is 11.8 Å². The molecule has 18 heavy (non-hydrogen) atoms. The van der Waals surface area contributed by atoms with Crippen LogP contribution in [0.2, 0.25) is 0 Å². The molecule has 1 rings (SSSR count). The van der Waals surface area contributed by atoms with Crippen molar-refractivity contribution in [2.45, 2.75) is 46.5 Å². The molecule has 0 aliphatic heterocycles. The number of carbonyl (C=O) groups excluding carboxylic acids is 2. The van der Waals surface area contributed by atoms with E-state index in [1.54, 1.807) is 0 Å². The minimum atomic E-state index is 0.0394. The Labute approximate surface area is 110 Å². The van der Waals surface area contributed by atoms with Gasteiger partial charge in [0.15, 0.2) is 0 Å². The second-order valence-corrected chi connectivity index (χ2v) is 5.54. The fourth-order valence-corrected chi connectivity index (χ4v) is 2.95. The van der Waals surface area contributed by atoms with Crippen LogP contribution in [0, 0.1) is 23.7 Å². The van der Waals surface area contributed by atoms with Crippen molar-refractivity contribution in [3.8, 4) is 0 Å². The third-order valence-electron chi connectivity index (χ3n) is 4.40. The van der Waals surface area contributed by atoms with Crippen molar-refractivity contribution in [3.63, 3.8) is 0 Å². The molecule has 0 saturated heterocycles. The second-order valence-electron chi connectivity index (χ2n) is 5.54. The SMILES string of the molecule is C=C=C(C)[C@H]1CC(C(=O)CC)C[C@@H](C(C)C=O)C1. The van der Waals surface area contributed by atoms with Crippen LogP contribution in [0.3, 0.4) is 0 Å². The molecule has 0 aromatic carbocycles. The van der Waals surface area contributed by atoms with Crippen LogP contribution in [0.5, 0.6) is 0 Å². The lowest BCUT2D eigenvalue weighted by atomic mass is 9.68. The van der Waals surface area contributed by atoms with Gasteiger partial charge in [0, 0.05) is 18.3 Å². The highest BCUT2D eigenvalue weighted by atomic mass is 16.1. The monoisotopic (exact) mass is 248 g/mol. The Kier molecular flexibility index (Phi) is 5.55. The largest absolute Gasteiger partial charge is 0.303 e. The fraction of sp³-hybridized carbons (Fsp3) is 0.688. The first-order valence-corrected chi connectivity index (χ1v) is 6.87. The number of aldehydes is 1. The van der Waals surface area contributed by atoms with Crippen molar-refractivity contribution in [2.24, 2.45) is 23.7 Å². The number of hydrogen-bond donors (Lipinski definition) is 0. The third-order valence-corrected chi connectivity index (χ3v) is 4.40. The molecule has 4 atom stereocenters. The zero-order valence-corrected chi connectivity index (χ0v) is 11.7. The minimum Gasteiger partial charge on any atom is -0.303 e. The summed E-state index contributed by atoms with van der Waals surface area (Å²) in [5, 5.41) is 0. The molecule has 1 aliphatic carbocycles. The van der Waals surface area contributed by atoms with Crippen LogP contribution < -0.4 is 0 Å². The van der Waals surface area contributed by atoms with Crippen LogP contribution in [-0.4, -0.2) is 12.1 Å². The highest BCUT2D eigenvalue weighted by molar-refractivity contribution is 5.80. The van der Waals surface area contributed by atoms with E-state index in [9.17, 15) is 9.59 Å². The van der Waals surface area contributed by atoms with Crippen LogP contribution in [0.1, 0.15) is 46.5 Å². The van der Waals surface area contributed by atoms with Crippen LogP contribution in [0.25, 0.3) is 0 Å². The number of hydrogen-bond acceptors (Lipinski definition) is 2. The standard InChI is InChI=1S/C16H24O2/c1-5-11(3)13-7-14(12(4)10-17)9-15(8-13)16(18)6-2/h10,12-15H,1,6-9H2,2-4H3/t12?,13-,14+,15?/m1/s1. The molecule has 2 unspecified atom stereocenters. The van der Waals surface area contributed by atoms with Crippen molar-refractivity contribution in [2.75, 3.05) is 0 Å². The summed E-state index contributed by atoms with van der Waals surface area (Å²) in [5.74, 6) is 1.18. The molecule has 1 saturated carbocycles. The molecular weight excluding hydrogens is 224 g/mol. The van der Waals surface area contributed by atoms with Gasteiger partial charge in [-0.3, -0.25) is 4.79 Å². The number of ketones is 1. The Balaban J connectivity index is 2.88. The summed E-state index contributed by atoms with van der Waals surface area (Å²) in [6, 6.07) is 0. The van der Waals surface area contributed by atoms with Crippen molar-refractivity contribution in [1.82, 2.24) is 0 Å². The molecule has 0 amide bonds. The quantitative estimate of drug-likeness (QED) is 0.550. The summed E-state index contributed by atoms with van der Waals surface area (Å²) in [4.78, 5) is 22.9. The van der Waals surface area contributed by atoms with Gasteiger partial charge >= 0.3 is 0 Å². The fourth-order valence-electron chi connectivity index (χ4n) is 2.95. The molecule has 0 N–H and O–H groups in total. The summed E-state index contributed by atoms with van der Waals surface area (Å²) in [5.41, 5.74) is 4.09. The van der Waals surface area contributed by atoms with Crippen molar-refractivity contribution in [1.29, 1.82) is 0 Å². The molecule has 1 aliphatic rings. The van der Waals surface area contributed by atoms with Gasteiger partial charge in [-0.25, -0.2) is 0 Å². The van der Waals surface area contributed by atoms with E-state index in [4.69, 9.17) is 0 Å². The van der Waals surface area contributed by atoms with Crippen LogP contribution in [0.15, 0.2) is 17.9 Å². The van der Waals surface area contributed by atoms with Gasteiger partial charge in [0.25, 0.3) is 0 Å². The molecule has 2 nitrogen and oxygen atoms in total. The Morgan fingerprint density at radius 3 is 2.50 bits per heavy atom. The van der Waals surface area contributed by atoms with Gasteiger partial charge in [-0.15, -0.1) is 5.73 Å². The van der Waals surface area contributed by atoms with E-state index in [1.807, 2.05) is 20.8 Å². The molecule has 0 heterocycles. The first kappa shape index (κ1) is 14.9. The minimum absolute atomic E-state index is 0.0394. The van der Waals surface area contributed by atoms with E-state index in [0.29, 0.717) is 24.0 Å². The zero-order chi connectivity index (χ0) is 13.7. The molecule has 2 heteroatoms. The molecule has 0 spiro atoms. The van der Waals surface area contributed by atoms with E-state index in [2.05, 4.69) is 12.3 Å². The maximum absolute atomic E-state index is 11.9. The van der Waals surface area contributed by atoms with Crippen molar-refractivity contribution in [3.05, 3.63) is 17.9 Å². The molecule has 0 aromatic heterocycles. The van der Waals surface area contributed by atoms with Gasteiger partial charge in [0.2, 0.25) is 0 Å². The van der Waals surface area contributed by atoms with Gasteiger partial charge in [0.05, 0.1) is 0 Å². The molecule has 1 fully saturated rings. The summed E-state index contributed by atoms with van der Waals surface area (Å²) >= 11 is 0. The van der Waals surface area contributed by atoms with E-state index >= 15 is 0 Å². The summed E-state index contributed by atoms with van der Waals surface area (Å²) in [6.45, 7) is 9.60. The summed E-state index contributed by atoms with van der Waals surface area (Å²) < 4.78 is 0. The topological polar surface area (TPSA) is 34.1 Å². The molecule has 0 radical (unpaired) electrons. The predicted octanol–water partition coefficient (Wildman–Crippen LogP) is 3.56.